The number of halogens is 3. The van der Waals surface area contributed by atoms with E-state index in [1.54, 1.807) is 19.1 Å². The Morgan fingerprint density at radius 3 is 2.44 bits per heavy atom. The number of fused-ring (bicyclic) bond motifs is 1. The lowest BCUT2D eigenvalue weighted by atomic mass is 9.70. The first-order valence-corrected chi connectivity index (χ1v) is 10.5. The second-order valence-electron chi connectivity index (χ2n) is 8.43. The monoisotopic (exact) mass is 443 g/mol. The number of aromatic amines is 1. The van der Waals surface area contributed by atoms with Crippen molar-refractivity contribution in [2.75, 3.05) is 6.54 Å². The van der Waals surface area contributed by atoms with E-state index in [1.165, 1.54) is 25.1 Å². The number of H-pyrrole nitrogens is 1. The third-order valence-electron chi connectivity index (χ3n) is 6.02. The van der Waals surface area contributed by atoms with Crippen molar-refractivity contribution < 1.29 is 22.8 Å². The van der Waals surface area contributed by atoms with Gasteiger partial charge in [-0.3, -0.25) is 9.59 Å². The maximum atomic E-state index is 14.4. The van der Waals surface area contributed by atoms with Crippen molar-refractivity contribution in [1.29, 1.82) is 0 Å². The van der Waals surface area contributed by atoms with Crippen LogP contribution in [-0.2, 0) is 9.59 Å². The molecule has 1 heterocycles. The number of nitrogens with one attached hydrogen (secondary N) is 3. The van der Waals surface area contributed by atoms with Crippen LogP contribution in [0.25, 0.3) is 22.2 Å². The van der Waals surface area contributed by atoms with Crippen molar-refractivity contribution in [2.24, 2.45) is 5.92 Å². The minimum Gasteiger partial charge on any atom is -0.354 e. The molecule has 32 heavy (non-hydrogen) atoms. The van der Waals surface area contributed by atoms with Crippen molar-refractivity contribution in [3.63, 3.8) is 0 Å². The van der Waals surface area contributed by atoms with Crippen LogP contribution in [0.4, 0.5) is 13.2 Å². The third kappa shape index (κ3) is 4.35. The fourth-order valence-electron chi connectivity index (χ4n) is 4.41. The SMILES string of the molecule is CC(=O)N[C@@H](C)C(=O)NC[C@H]1C[C@H](c2c(-c3ccc(F)cc3)[nH]c3c(F)cc(F)cc32)C1. The van der Waals surface area contributed by atoms with E-state index in [0.29, 0.717) is 23.2 Å². The number of amides is 2. The molecular formula is C24H24F3N3O2. The van der Waals surface area contributed by atoms with E-state index < -0.39 is 17.7 Å². The molecule has 3 N–H and O–H groups in total. The molecule has 1 atom stereocenters. The maximum absolute atomic E-state index is 14.4. The zero-order chi connectivity index (χ0) is 23.0. The molecule has 1 aliphatic rings. The van der Waals surface area contributed by atoms with Crippen molar-refractivity contribution in [2.45, 2.75) is 38.6 Å². The number of hydrogen-bond donors (Lipinski definition) is 3. The van der Waals surface area contributed by atoms with E-state index >= 15 is 0 Å². The van der Waals surface area contributed by atoms with Gasteiger partial charge >= 0.3 is 0 Å². The van der Waals surface area contributed by atoms with Crippen LogP contribution in [0.15, 0.2) is 36.4 Å². The Bertz CT molecular complexity index is 1170. The van der Waals surface area contributed by atoms with Gasteiger partial charge < -0.3 is 15.6 Å². The van der Waals surface area contributed by atoms with Crippen molar-refractivity contribution in [3.8, 4) is 11.3 Å². The van der Waals surface area contributed by atoms with Crippen molar-refractivity contribution in [3.05, 3.63) is 59.4 Å². The highest BCUT2D eigenvalue weighted by molar-refractivity contribution is 5.92. The van der Waals surface area contributed by atoms with Crippen LogP contribution < -0.4 is 10.6 Å². The molecule has 1 fully saturated rings. The first kappa shape index (κ1) is 21.9. The number of carbonyl (C=O) groups excluding carboxylic acids is 2. The van der Waals surface area contributed by atoms with E-state index in [0.717, 1.165) is 24.5 Å². The number of aromatic nitrogens is 1. The highest BCUT2D eigenvalue weighted by atomic mass is 19.1. The molecule has 4 rings (SSSR count). The standard InChI is InChI=1S/C24H24F3N3O2/c1-12(29-13(2)31)24(32)28-11-14-7-16(8-14)21-19-9-18(26)10-20(27)23(19)30-22(21)15-3-5-17(25)6-4-15/h3-6,9-10,12,14,16,30H,7-8,11H2,1-2H3,(H,28,32)(H,29,31)/t12-,14-,16-/m0/s1. The van der Waals surface area contributed by atoms with Crippen LogP contribution in [0.5, 0.6) is 0 Å². The molecule has 5 nitrogen and oxygen atoms in total. The molecular weight excluding hydrogens is 419 g/mol. The normalized spacial score (nSPS) is 18.8. The van der Waals surface area contributed by atoms with E-state index in [2.05, 4.69) is 15.6 Å². The highest BCUT2D eigenvalue weighted by Crippen LogP contribution is 2.48. The molecule has 0 aliphatic heterocycles. The first-order valence-electron chi connectivity index (χ1n) is 10.5. The first-order chi connectivity index (χ1) is 15.2. The molecule has 2 amide bonds. The summed E-state index contributed by atoms with van der Waals surface area (Å²) in [4.78, 5) is 26.3. The summed E-state index contributed by atoms with van der Waals surface area (Å²) in [5, 5.41) is 5.86. The molecule has 0 radical (unpaired) electrons. The molecule has 3 aromatic rings. The van der Waals surface area contributed by atoms with Gasteiger partial charge in [-0.15, -0.1) is 0 Å². The Balaban J connectivity index is 1.54. The topological polar surface area (TPSA) is 74.0 Å². The van der Waals surface area contributed by atoms with Crippen LogP contribution >= 0.6 is 0 Å². The third-order valence-corrected chi connectivity index (χ3v) is 6.02. The van der Waals surface area contributed by atoms with Gasteiger partial charge in [-0.2, -0.15) is 0 Å². The predicted molar refractivity (Wildman–Crippen MR) is 115 cm³/mol. The summed E-state index contributed by atoms with van der Waals surface area (Å²) < 4.78 is 41.9. The molecule has 168 valence electrons. The molecule has 0 bridgehead atoms. The van der Waals surface area contributed by atoms with Gasteiger partial charge in [-0.1, -0.05) is 0 Å². The fraction of sp³-hybridized carbons (Fsp3) is 0.333. The Morgan fingerprint density at radius 2 is 1.78 bits per heavy atom. The summed E-state index contributed by atoms with van der Waals surface area (Å²) in [6, 6.07) is 7.42. The van der Waals surface area contributed by atoms with Crippen molar-refractivity contribution >= 4 is 22.7 Å². The molecule has 8 heteroatoms. The molecule has 1 saturated carbocycles. The van der Waals surface area contributed by atoms with Gasteiger partial charge in [0.25, 0.3) is 0 Å². The second-order valence-corrected chi connectivity index (χ2v) is 8.43. The van der Waals surface area contributed by atoms with E-state index in [1.807, 2.05) is 0 Å². The summed E-state index contributed by atoms with van der Waals surface area (Å²) in [6.45, 7) is 3.42. The van der Waals surface area contributed by atoms with Crippen LogP contribution in [-0.4, -0.2) is 29.4 Å². The summed E-state index contributed by atoms with van der Waals surface area (Å²) >= 11 is 0. The molecule has 0 saturated heterocycles. The maximum Gasteiger partial charge on any atom is 0.242 e. The Morgan fingerprint density at radius 1 is 1.09 bits per heavy atom. The summed E-state index contributed by atoms with van der Waals surface area (Å²) in [5.74, 6) is -2.00. The van der Waals surface area contributed by atoms with Crippen LogP contribution in [0.1, 0.15) is 38.2 Å². The van der Waals surface area contributed by atoms with Gasteiger partial charge in [0, 0.05) is 24.9 Å². The Hall–Kier alpha value is -3.29. The zero-order valence-electron chi connectivity index (χ0n) is 17.8. The van der Waals surface area contributed by atoms with Crippen LogP contribution in [0, 0.1) is 23.4 Å². The Kier molecular flexibility index (Phi) is 5.95. The summed E-state index contributed by atoms with van der Waals surface area (Å²) in [6.07, 6.45) is 1.46. The van der Waals surface area contributed by atoms with Gasteiger partial charge in [-0.05, 0) is 73.1 Å². The summed E-state index contributed by atoms with van der Waals surface area (Å²) in [5.41, 5.74) is 2.37. The van der Waals surface area contributed by atoms with Gasteiger partial charge in [0.2, 0.25) is 11.8 Å². The molecule has 1 aliphatic carbocycles. The van der Waals surface area contributed by atoms with Gasteiger partial charge in [-0.25, -0.2) is 13.2 Å². The smallest absolute Gasteiger partial charge is 0.242 e. The van der Waals surface area contributed by atoms with Crippen LogP contribution in [0.3, 0.4) is 0 Å². The Labute approximate surface area is 183 Å². The van der Waals surface area contributed by atoms with E-state index in [4.69, 9.17) is 0 Å². The summed E-state index contributed by atoms with van der Waals surface area (Å²) in [7, 11) is 0. The van der Waals surface area contributed by atoms with Gasteiger partial charge in [0.05, 0.1) is 11.2 Å². The molecule has 0 spiro atoms. The average molecular weight is 443 g/mol. The second kappa shape index (κ2) is 8.68. The number of rotatable bonds is 6. The minimum atomic E-state index is -0.676. The molecule has 1 aromatic heterocycles. The molecule has 2 aromatic carbocycles. The largest absolute Gasteiger partial charge is 0.354 e. The van der Waals surface area contributed by atoms with Gasteiger partial charge in [0.15, 0.2) is 0 Å². The number of carbonyl (C=O) groups is 2. The van der Waals surface area contributed by atoms with Gasteiger partial charge in [0.1, 0.15) is 23.5 Å². The quantitative estimate of drug-likeness (QED) is 0.529. The zero-order valence-corrected chi connectivity index (χ0v) is 17.8. The van der Waals surface area contributed by atoms with Crippen LogP contribution in [0.2, 0.25) is 0 Å². The minimum absolute atomic E-state index is 0.0414. The predicted octanol–water partition coefficient (Wildman–Crippen LogP) is 4.39. The van der Waals surface area contributed by atoms with Crippen molar-refractivity contribution in [1.82, 2.24) is 15.6 Å². The van der Waals surface area contributed by atoms with E-state index in [9.17, 15) is 22.8 Å². The number of hydrogen-bond acceptors (Lipinski definition) is 2. The average Bonchev–Trinajstić information content (AvgIpc) is 3.06. The fourth-order valence-corrected chi connectivity index (χ4v) is 4.41. The highest BCUT2D eigenvalue weighted by Gasteiger charge is 2.35. The lowest BCUT2D eigenvalue weighted by Gasteiger charge is -2.36. The molecule has 0 unspecified atom stereocenters. The van der Waals surface area contributed by atoms with E-state index in [-0.39, 0.29) is 35.0 Å². The lowest BCUT2D eigenvalue weighted by molar-refractivity contribution is -0.127. The lowest BCUT2D eigenvalue weighted by Crippen LogP contribution is -2.46. The number of benzene rings is 2.